The number of rotatable bonds is 10. The first kappa shape index (κ1) is 44.8. The van der Waals surface area contributed by atoms with Gasteiger partial charge in [-0.05, 0) is 37.5 Å². The minimum Gasteiger partial charge on any atom is -0.467 e. The van der Waals surface area contributed by atoms with E-state index >= 15 is 0 Å². The Labute approximate surface area is 325 Å². The molecule has 14 atom stereocenters. The zero-order valence-corrected chi connectivity index (χ0v) is 34.0. The van der Waals surface area contributed by atoms with Crippen LogP contribution in [0.3, 0.4) is 0 Å². The lowest BCUT2D eigenvalue weighted by atomic mass is 9.32. The maximum absolute atomic E-state index is 13.8. The minimum atomic E-state index is -2.26. The van der Waals surface area contributed by atoms with Crippen molar-refractivity contribution in [1.29, 1.82) is 0 Å². The summed E-state index contributed by atoms with van der Waals surface area (Å²) in [5.74, 6) is -9.57. The topological polar surface area (TPSA) is 245 Å². The second kappa shape index (κ2) is 15.4. The number of fused-ring (bicyclic) bond motifs is 7. The van der Waals surface area contributed by atoms with Gasteiger partial charge in [-0.2, -0.15) is 0 Å². The number of aliphatic hydroxyl groups is 2. The van der Waals surface area contributed by atoms with E-state index in [2.05, 4.69) is 0 Å². The molecule has 5 aliphatic rings. The second-order valence-electron chi connectivity index (χ2n) is 16.1. The van der Waals surface area contributed by atoms with Gasteiger partial charge >= 0.3 is 35.8 Å². The van der Waals surface area contributed by atoms with E-state index in [1.54, 1.807) is 20.8 Å². The molecule has 0 spiro atoms. The molecule has 0 aromatic heterocycles. The summed E-state index contributed by atoms with van der Waals surface area (Å²) in [5.41, 5.74) is -10.8. The summed E-state index contributed by atoms with van der Waals surface area (Å²) in [4.78, 5) is 104. The van der Waals surface area contributed by atoms with Gasteiger partial charge in [-0.3, -0.25) is 28.8 Å². The first-order valence-corrected chi connectivity index (χ1v) is 19.0. The lowest BCUT2D eigenvalue weighted by Gasteiger charge is -2.74. The largest absolute Gasteiger partial charge is 0.467 e. The van der Waals surface area contributed by atoms with E-state index in [0.717, 1.165) is 34.8 Å². The number of hydrogen-bond acceptors (Lipinski definition) is 17. The van der Waals surface area contributed by atoms with Crippen molar-refractivity contribution in [3.05, 3.63) is 0 Å². The van der Waals surface area contributed by atoms with Gasteiger partial charge in [-0.25, -0.2) is 9.59 Å². The maximum Gasteiger partial charge on any atom is 0.371 e. The average Bonchev–Trinajstić information content (AvgIpc) is 3.90. The molecular formula is C39H56O17. The fourth-order valence-electron chi connectivity index (χ4n) is 12.0. The first-order chi connectivity index (χ1) is 26.1. The van der Waals surface area contributed by atoms with Gasteiger partial charge in [-0.1, -0.05) is 34.6 Å². The third-order valence-corrected chi connectivity index (χ3v) is 13.9. The lowest BCUT2D eigenvalue weighted by molar-refractivity contribution is -0.357. The second-order valence-corrected chi connectivity index (χ2v) is 16.1. The first-order valence-electron chi connectivity index (χ1n) is 19.0. The molecule has 314 valence electrons. The Morgan fingerprint density at radius 2 is 1.41 bits per heavy atom. The van der Waals surface area contributed by atoms with Gasteiger partial charge in [-0.15, -0.1) is 0 Å². The number of esters is 6. The van der Waals surface area contributed by atoms with E-state index in [0.29, 0.717) is 0 Å². The Morgan fingerprint density at radius 3 is 1.89 bits per heavy atom. The monoisotopic (exact) mass is 796 g/mol. The van der Waals surface area contributed by atoms with E-state index in [4.69, 9.17) is 33.2 Å². The molecule has 5 fully saturated rings. The molecule has 2 N–H and O–H groups in total. The Kier molecular flexibility index (Phi) is 12.3. The summed E-state index contributed by atoms with van der Waals surface area (Å²) in [6.07, 6.45) is -8.07. The number of hydrogen-bond donors (Lipinski definition) is 2. The van der Waals surface area contributed by atoms with E-state index in [1.165, 1.54) is 6.92 Å². The molecule has 0 aromatic carbocycles. The van der Waals surface area contributed by atoms with Gasteiger partial charge in [0.15, 0.2) is 18.0 Å². The standard InChI is InChI=1S/C37H50O17.C2H6/c1-10-35(16-49-24(45)15-39)23(14-38)32(6)12-11-22-33(7,26(32)25(50-17(2)40)28(35)51-18(3)41)29(52-19(4)42)30(53-20(5)43)34(8)36(22,47)13-21(44)27-37(34,54-27)31(46)48-9;1-2/h15,22-23,25-30,38,47H,10-14,16H2,1-9H3;1-2H3. The van der Waals surface area contributed by atoms with Crippen molar-refractivity contribution >= 4 is 47.9 Å². The van der Waals surface area contributed by atoms with Crippen LogP contribution in [-0.2, 0) is 71.5 Å². The number of epoxide rings is 1. The zero-order chi connectivity index (χ0) is 42.6. The van der Waals surface area contributed by atoms with Crippen LogP contribution >= 0.6 is 0 Å². The molecule has 56 heavy (non-hydrogen) atoms. The van der Waals surface area contributed by atoms with Gasteiger partial charge in [0.05, 0.1) is 23.5 Å². The number of methoxy groups -OCH3 is 1. The molecule has 0 bridgehead atoms. The quantitative estimate of drug-likeness (QED) is 0.105. The summed E-state index contributed by atoms with van der Waals surface area (Å²) in [6.45, 7) is 13.8. The summed E-state index contributed by atoms with van der Waals surface area (Å²) < 4.78 is 40.7. The molecule has 5 rings (SSSR count). The van der Waals surface area contributed by atoms with E-state index in [-0.39, 0.29) is 25.5 Å². The van der Waals surface area contributed by atoms with Crippen LogP contribution in [-0.4, -0.2) is 120 Å². The van der Waals surface area contributed by atoms with Crippen molar-refractivity contribution < 1.29 is 81.7 Å². The normalized spacial score (nSPS) is 42.9. The Balaban J connectivity index is 0.00000342. The van der Waals surface area contributed by atoms with Crippen LogP contribution in [0.5, 0.6) is 0 Å². The van der Waals surface area contributed by atoms with Gasteiger partial charge in [0.25, 0.3) is 0 Å². The van der Waals surface area contributed by atoms with Gasteiger partial charge in [0.1, 0.15) is 24.9 Å². The van der Waals surface area contributed by atoms with Crippen molar-refractivity contribution in [1.82, 2.24) is 0 Å². The highest BCUT2D eigenvalue weighted by atomic mass is 16.7. The number of ether oxygens (including phenoxy) is 7. The molecule has 17 heteroatoms. The fraction of sp³-hybridized carbons (Fsp3) is 0.795. The van der Waals surface area contributed by atoms with Crippen molar-refractivity contribution in [2.75, 3.05) is 20.3 Å². The molecule has 1 aliphatic heterocycles. The third-order valence-electron chi connectivity index (χ3n) is 13.9. The summed E-state index contributed by atoms with van der Waals surface area (Å²) >= 11 is 0. The van der Waals surface area contributed by atoms with Crippen molar-refractivity contribution in [2.24, 2.45) is 39.4 Å². The molecule has 14 unspecified atom stereocenters. The minimum absolute atomic E-state index is 0.0325. The van der Waals surface area contributed by atoms with Crippen LogP contribution in [0.4, 0.5) is 0 Å². The lowest BCUT2D eigenvalue weighted by Crippen LogP contribution is -2.84. The molecule has 1 saturated heterocycles. The van der Waals surface area contributed by atoms with Gasteiger partial charge in [0.2, 0.25) is 11.9 Å². The smallest absolute Gasteiger partial charge is 0.371 e. The number of Topliss-reactive ketones (excluding diaryl/α,β-unsaturated/α-hetero) is 1. The van der Waals surface area contributed by atoms with E-state index < -0.39 is 142 Å². The summed E-state index contributed by atoms with van der Waals surface area (Å²) in [7, 11) is 1.07. The number of ketones is 1. The highest BCUT2D eigenvalue weighted by Crippen LogP contribution is 2.77. The zero-order valence-electron chi connectivity index (χ0n) is 34.0. The van der Waals surface area contributed by atoms with Gasteiger partial charge in [0, 0.05) is 58.0 Å². The van der Waals surface area contributed by atoms with Crippen LogP contribution in [0.2, 0.25) is 0 Å². The molecule has 0 amide bonds. The molecule has 4 aliphatic carbocycles. The Bertz CT molecular complexity index is 1640. The number of aliphatic hydroxyl groups excluding tert-OH is 1. The van der Waals surface area contributed by atoms with Crippen LogP contribution in [0, 0.1) is 39.4 Å². The summed E-state index contributed by atoms with van der Waals surface area (Å²) in [5, 5.41) is 24.7. The molecule has 0 radical (unpaired) electrons. The Morgan fingerprint density at radius 1 is 0.875 bits per heavy atom. The SMILES string of the molecule is CC.CCC1(COC(=O)C=O)C(OC(C)=O)C(OC(C)=O)C2C(C)(CCC3C2(C)C(OC(C)=O)C(OC(C)=O)C2(C)C3(O)CC(=O)C3OC32C(=O)OC)C1CO. The van der Waals surface area contributed by atoms with E-state index in [9.17, 15) is 48.6 Å². The highest BCUT2D eigenvalue weighted by molar-refractivity contribution is 6.20. The molecule has 17 nitrogen and oxygen atoms in total. The van der Waals surface area contributed by atoms with Gasteiger partial charge < -0.3 is 43.4 Å². The van der Waals surface area contributed by atoms with Crippen LogP contribution in [0.15, 0.2) is 0 Å². The summed E-state index contributed by atoms with van der Waals surface area (Å²) in [6, 6.07) is 0. The van der Waals surface area contributed by atoms with Crippen LogP contribution < -0.4 is 0 Å². The number of aldehydes is 1. The Hall–Kier alpha value is -3.96. The van der Waals surface area contributed by atoms with Crippen LogP contribution in [0.25, 0.3) is 0 Å². The van der Waals surface area contributed by atoms with Crippen molar-refractivity contribution in [3.8, 4) is 0 Å². The molecular weight excluding hydrogens is 740 g/mol. The molecule has 0 aromatic rings. The fourth-order valence-corrected chi connectivity index (χ4v) is 12.0. The predicted octanol–water partition coefficient (Wildman–Crippen LogP) is 1.57. The number of carbonyl (C=O) groups is 8. The van der Waals surface area contributed by atoms with E-state index in [1.807, 2.05) is 13.8 Å². The molecule has 4 saturated carbocycles. The van der Waals surface area contributed by atoms with Crippen LogP contribution in [0.1, 0.15) is 94.9 Å². The molecule has 1 heterocycles. The highest BCUT2D eigenvalue weighted by Gasteiger charge is 2.92. The van der Waals surface area contributed by atoms with Crippen molar-refractivity contribution in [3.63, 3.8) is 0 Å². The number of carbonyl (C=O) groups excluding carboxylic acids is 8. The predicted molar refractivity (Wildman–Crippen MR) is 189 cm³/mol. The third kappa shape index (κ3) is 6.05. The average molecular weight is 797 g/mol. The maximum atomic E-state index is 13.8. The van der Waals surface area contributed by atoms with Crippen molar-refractivity contribution in [2.45, 2.75) is 137 Å².